The van der Waals surface area contributed by atoms with E-state index in [2.05, 4.69) is 13.0 Å². The van der Waals surface area contributed by atoms with Crippen molar-refractivity contribution in [3.05, 3.63) is 0 Å². The Morgan fingerprint density at radius 3 is 2.39 bits per heavy atom. The van der Waals surface area contributed by atoms with Gasteiger partial charge in [0.2, 0.25) is 0 Å². The summed E-state index contributed by atoms with van der Waals surface area (Å²) in [4.78, 5) is 11.6. The molecule has 0 amide bonds. The zero-order valence-electron chi connectivity index (χ0n) is 22.8. The smallest absolute Gasteiger partial charge is 0.351 e. The summed E-state index contributed by atoms with van der Waals surface area (Å²) in [7, 11) is -3.56. The highest BCUT2D eigenvalue weighted by molar-refractivity contribution is 7.56. The summed E-state index contributed by atoms with van der Waals surface area (Å²) >= 11 is 0. The Kier molecular flexibility index (Phi) is 7.19. The first-order valence-corrected chi connectivity index (χ1v) is 16.2. The Morgan fingerprint density at radius 2 is 1.72 bits per heavy atom. The van der Waals surface area contributed by atoms with Gasteiger partial charge >= 0.3 is 13.6 Å². The Bertz CT molecular complexity index is 938. The summed E-state index contributed by atoms with van der Waals surface area (Å²) < 4.78 is 31.7. The fourth-order valence-corrected chi connectivity index (χ4v) is 13.1. The van der Waals surface area contributed by atoms with Gasteiger partial charge < -0.3 is 13.8 Å². The molecule has 5 aliphatic rings. The van der Waals surface area contributed by atoms with Gasteiger partial charge in [-0.1, -0.05) is 13.3 Å². The third-order valence-electron chi connectivity index (χ3n) is 11.7. The molecule has 36 heavy (non-hydrogen) atoms. The van der Waals surface area contributed by atoms with Crippen LogP contribution in [0, 0.1) is 51.8 Å². The molecule has 5 aliphatic carbocycles. The van der Waals surface area contributed by atoms with Crippen molar-refractivity contribution in [2.24, 2.45) is 40.4 Å². The Morgan fingerprint density at radius 1 is 0.972 bits per heavy atom. The number of carbonyl (C=O) groups excluding carboxylic acids is 1. The number of rotatable bonds is 6. The highest BCUT2D eigenvalue weighted by Gasteiger charge is 2.70. The van der Waals surface area contributed by atoms with Crippen LogP contribution in [0.2, 0.25) is 0 Å². The maximum absolute atomic E-state index is 14.3. The SMILES string of the molecule is CCOP(=O)(OCC)C1(C#N)CCC[C@]23CCC4C(CC[C@H]5C[C@H](OC(C)=O)CC[C@]45C)C2CC[C@H]13. The van der Waals surface area contributed by atoms with Gasteiger partial charge in [0.05, 0.1) is 19.3 Å². The topological polar surface area (TPSA) is 85.6 Å². The van der Waals surface area contributed by atoms with E-state index in [4.69, 9.17) is 13.8 Å². The average molecular weight is 520 g/mol. The van der Waals surface area contributed by atoms with Gasteiger partial charge in [0.1, 0.15) is 6.10 Å². The Balaban J connectivity index is 1.43. The summed E-state index contributed by atoms with van der Waals surface area (Å²) in [5, 5.41) is 9.65. The van der Waals surface area contributed by atoms with E-state index in [9.17, 15) is 14.6 Å². The van der Waals surface area contributed by atoms with Crippen LogP contribution in [0.3, 0.4) is 0 Å². The van der Waals surface area contributed by atoms with Gasteiger partial charge in [-0.2, -0.15) is 5.26 Å². The molecule has 0 N–H and O–H groups in total. The molecular formula is C29H46NO5P. The number of hydrogen-bond acceptors (Lipinski definition) is 6. The summed E-state index contributed by atoms with van der Waals surface area (Å²) in [5.74, 6) is 2.57. The largest absolute Gasteiger partial charge is 0.463 e. The van der Waals surface area contributed by atoms with Crippen molar-refractivity contribution in [3.8, 4) is 6.07 Å². The van der Waals surface area contributed by atoms with E-state index in [1.165, 1.54) is 26.2 Å². The van der Waals surface area contributed by atoms with Crippen molar-refractivity contribution < 1.29 is 23.1 Å². The minimum atomic E-state index is -3.56. The molecule has 202 valence electrons. The number of carbonyl (C=O) groups is 1. The molecule has 0 aliphatic heterocycles. The molecule has 0 heterocycles. The van der Waals surface area contributed by atoms with E-state index in [0.29, 0.717) is 48.7 Å². The summed E-state index contributed by atoms with van der Waals surface area (Å²) in [6, 6.07) is 2.62. The highest BCUT2D eigenvalue weighted by Crippen LogP contribution is 2.77. The normalized spacial score (nSPS) is 46.0. The van der Waals surface area contributed by atoms with Crippen LogP contribution >= 0.6 is 7.60 Å². The fraction of sp³-hybridized carbons (Fsp3) is 0.931. The summed E-state index contributed by atoms with van der Waals surface area (Å²) in [5.41, 5.74) is 0.406. The third kappa shape index (κ3) is 3.77. The van der Waals surface area contributed by atoms with E-state index in [0.717, 1.165) is 51.4 Å². The van der Waals surface area contributed by atoms with E-state index >= 15 is 0 Å². The minimum Gasteiger partial charge on any atom is -0.463 e. The molecular weight excluding hydrogens is 473 g/mol. The van der Waals surface area contributed by atoms with Gasteiger partial charge in [0.15, 0.2) is 5.16 Å². The maximum atomic E-state index is 14.3. The molecule has 5 rings (SSSR count). The van der Waals surface area contributed by atoms with Crippen LogP contribution in [0.15, 0.2) is 0 Å². The van der Waals surface area contributed by atoms with E-state index in [-0.39, 0.29) is 23.4 Å². The number of ether oxygens (including phenoxy) is 1. The Labute approximate surface area is 217 Å². The van der Waals surface area contributed by atoms with E-state index in [1.807, 2.05) is 13.8 Å². The molecule has 4 unspecified atom stereocenters. The first-order chi connectivity index (χ1) is 17.2. The van der Waals surface area contributed by atoms with Crippen LogP contribution in [-0.4, -0.2) is 30.4 Å². The zero-order valence-corrected chi connectivity index (χ0v) is 23.7. The van der Waals surface area contributed by atoms with Crippen LogP contribution in [0.25, 0.3) is 0 Å². The van der Waals surface area contributed by atoms with Crippen LogP contribution < -0.4 is 0 Å². The van der Waals surface area contributed by atoms with Crippen molar-refractivity contribution >= 4 is 13.6 Å². The number of nitrogens with zero attached hydrogens (tertiary/aromatic N) is 1. The third-order valence-corrected chi connectivity index (χ3v) is 14.5. The number of hydrogen-bond donors (Lipinski definition) is 0. The van der Waals surface area contributed by atoms with Gasteiger partial charge in [-0.25, -0.2) is 0 Å². The molecule has 9 atom stereocenters. The van der Waals surface area contributed by atoms with E-state index < -0.39 is 12.8 Å². The lowest BCUT2D eigenvalue weighted by atomic mass is 9.43. The number of nitriles is 1. The second-order valence-corrected chi connectivity index (χ2v) is 15.1. The number of esters is 1. The van der Waals surface area contributed by atoms with Crippen molar-refractivity contribution in [3.63, 3.8) is 0 Å². The molecule has 0 bridgehead atoms. The van der Waals surface area contributed by atoms with Crippen LogP contribution in [-0.2, 0) is 23.1 Å². The molecule has 6 nitrogen and oxygen atoms in total. The highest BCUT2D eigenvalue weighted by atomic mass is 31.2. The monoisotopic (exact) mass is 519 g/mol. The molecule has 0 saturated heterocycles. The molecule has 1 spiro atoms. The predicted octanol–water partition coefficient (Wildman–Crippen LogP) is 7.27. The van der Waals surface area contributed by atoms with Gasteiger partial charge in [-0.3, -0.25) is 9.36 Å². The average Bonchev–Trinajstić information content (AvgIpc) is 3.24. The molecule has 0 aromatic carbocycles. The first kappa shape index (κ1) is 26.7. The van der Waals surface area contributed by atoms with Gasteiger partial charge in [0, 0.05) is 6.92 Å². The lowest BCUT2D eigenvalue weighted by molar-refractivity contribution is -0.162. The van der Waals surface area contributed by atoms with E-state index in [1.54, 1.807) is 0 Å². The zero-order chi connectivity index (χ0) is 25.8. The quantitative estimate of drug-likeness (QED) is 0.271. The standard InChI is InChI=1S/C29H46NO5P/c1-5-33-36(32,34-6-2)29(19-30)15-7-14-28-17-13-24-23(25(28)10-11-26(28)29)9-8-21-18-22(35-20(3)31)12-16-27(21,24)4/h21-26H,5-18H2,1-4H3/t21-,22+,23?,24?,25?,26-,27-,28-,29?/m0/s1. The molecule has 0 aromatic rings. The fourth-order valence-electron chi connectivity index (χ4n) is 10.6. The maximum Gasteiger partial charge on any atom is 0.351 e. The Hall–Kier alpha value is -0.890. The van der Waals surface area contributed by atoms with Crippen molar-refractivity contribution in [2.75, 3.05) is 13.2 Å². The van der Waals surface area contributed by atoms with Gasteiger partial charge in [0.25, 0.3) is 0 Å². The first-order valence-electron chi connectivity index (χ1n) is 14.7. The molecule has 0 aromatic heterocycles. The number of fused-ring (bicyclic) bond motifs is 4. The molecule has 7 heteroatoms. The second kappa shape index (κ2) is 9.69. The summed E-state index contributed by atoms with van der Waals surface area (Å²) in [6.45, 7) is 8.39. The van der Waals surface area contributed by atoms with Crippen LogP contribution in [0.1, 0.15) is 105 Å². The lowest BCUT2D eigenvalue weighted by Gasteiger charge is -2.63. The van der Waals surface area contributed by atoms with Gasteiger partial charge in [-0.05, 0) is 125 Å². The molecule has 0 radical (unpaired) electrons. The minimum absolute atomic E-state index is 0.0868. The van der Waals surface area contributed by atoms with Crippen LogP contribution in [0.4, 0.5) is 0 Å². The van der Waals surface area contributed by atoms with Crippen molar-refractivity contribution in [2.45, 2.75) is 116 Å². The second-order valence-electron chi connectivity index (χ2n) is 12.8. The molecule has 5 fully saturated rings. The molecule has 5 saturated carbocycles. The van der Waals surface area contributed by atoms with Crippen molar-refractivity contribution in [1.29, 1.82) is 5.26 Å². The summed E-state index contributed by atoms with van der Waals surface area (Å²) in [6.07, 6.45) is 12.9. The predicted molar refractivity (Wildman–Crippen MR) is 138 cm³/mol. The lowest BCUT2D eigenvalue weighted by Crippen LogP contribution is -2.58. The van der Waals surface area contributed by atoms with Crippen molar-refractivity contribution in [1.82, 2.24) is 0 Å². The van der Waals surface area contributed by atoms with Gasteiger partial charge in [-0.15, -0.1) is 0 Å². The van der Waals surface area contributed by atoms with Crippen LogP contribution in [0.5, 0.6) is 0 Å².